The average Bonchev–Trinajstić information content (AvgIpc) is 2.87. The van der Waals surface area contributed by atoms with Crippen LogP contribution in [0.5, 0.6) is 0 Å². The van der Waals surface area contributed by atoms with Crippen LogP contribution >= 0.6 is 22.9 Å². The summed E-state index contributed by atoms with van der Waals surface area (Å²) >= 11 is 7.35. The normalized spacial score (nSPS) is 11.9. The van der Waals surface area contributed by atoms with Gasteiger partial charge in [-0.05, 0) is 31.5 Å². The molecular formula is C14H15ClN2O2S. The van der Waals surface area contributed by atoms with Gasteiger partial charge in [-0.25, -0.2) is 9.78 Å². The van der Waals surface area contributed by atoms with E-state index in [1.54, 1.807) is 12.3 Å². The molecule has 2 rings (SSSR count). The number of benzene rings is 1. The van der Waals surface area contributed by atoms with Crippen molar-refractivity contribution < 1.29 is 9.53 Å². The van der Waals surface area contributed by atoms with E-state index in [0.29, 0.717) is 22.5 Å². The number of hydrogen-bond donors (Lipinski definition) is 1. The van der Waals surface area contributed by atoms with Crippen molar-refractivity contribution in [2.24, 2.45) is 0 Å². The van der Waals surface area contributed by atoms with Gasteiger partial charge in [-0.2, -0.15) is 0 Å². The van der Waals surface area contributed by atoms with Crippen molar-refractivity contribution >= 4 is 34.0 Å². The monoisotopic (exact) mass is 310 g/mol. The lowest BCUT2D eigenvalue weighted by Crippen LogP contribution is -2.08. The highest BCUT2D eigenvalue weighted by atomic mass is 35.5. The maximum atomic E-state index is 11.5. The summed E-state index contributed by atoms with van der Waals surface area (Å²) in [5.41, 5.74) is 1.39. The number of nitrogens with one attached hydrogen (secondary N) is 1. The van der Waals surface area contributed by atoms with Gasteiger partial charge in [0.1, 0.15) is 0 Å². The van der Waals surface area contributed by atoms with E-state index in [1.165, 1.54) is 11.3 Å². The van der Waals surface area contributed by atoms with Gasteiger partial charge in [-0.3, -0.25) is 0 Å². The van der Waals surface area contributed by atoms with E-state index in [1.807, 2.05) is 31.2 Å². The van der Waals surface area contributed by atoms with E-state index >= 15 is 0 Å². The minimum atomic E-state index is -0.396. The lowest BCUT2D eigenvalue weighted by atomic mass is 10.1. The smallest absolute Gasteiger partial charge is 0.357 e. The van der Waals surface area contributed by atoms with Gasteiger partial charge >= 0.3 is 5.97 Å². The predicted molar refractivity (Wildman–Crippen MR) is 81.6 cm³/mol. The molecular weight excluding hydrogens is 296 g/mol. The number of carbonyl (C=O) groups excluding carboxylic acids is 1. The molecule has 2 aromatic rings. The van der Waals surface area contributed by atoms with Crippen LogP contribution in [0.4, 0.5) is 5.13 Å². The molecule has 0 aliphatic rings. The van der Waals surface area contributed by atoms with Crippen molar-refractivity contribution in [3.63, 3.8) is 0 Å². The Bertz CT molecular complexity index is 600. The number of aromatic nitrogens is 1. The molecule has 1 heterocycles. The van der Waals surface area contributed by atoms with Crippen LogP contribution in [0.3, 0.4) is 0 Å². The lowest BCUT2D eigenvalue weighted by Gasteiger charge is -2.13. The van der Waals surface area contributed by atoms with Crippen molar-refractivity contribution in [3.05, 3.63) is 45.9 Å². The van der Waals surface area contributed by atoms with Crippen LogP contribution in [0.25, 0.3) is 0 Å². The summed E-state index contributed by atoms with van der Waals surface area (Å²) < 4.78 is 4.91. The molecule has 1 N–H and O–H groups in total. The first-order valence-electron chi connectivity index (χ1n) is 6.24. The summed E-state index contributed by atoms with van der Waals surface area (Å²) in [5.74, 6) is -0.396. The zero-order valence-electron chi connectivity index (χ0n) is 11.2. The molecule has 0 aliphatic heterocycles. The number of thiazole rings is 1. The zero-order valence-corrected chi connectivity index (χ0v) is 12.8. The van der Waals surface area contributed by atoms with E-state index in [4.69, 9.17) is 16.3 Å². The van der Waals surface area contributed by atoms with Crippen LogP contribution < -0.4 is 5.32 Å². The average molecular weight is 311 g/mol. The fourth-order valence-electron chi connectivity index (χ4n) is 1.68. The second-order valence-corrected chi connectivity index (χ2v) is 5.47. The number of nitrogens with zero attached hydrogens (tertiary/aromatic N) is 1. The summed E-state index contributed by atoms with van der Waals surface area (Å²) in [6.45, 7) is 4.12. The summed E-state index contributed by atoms with van der Waals surface area (Å²) in [4.78, 5) is 15.8. The highest BCUT2D eigenvalue weighted by molar-refractivity contribution is 7.13. The highest BCUT2D eigenvalue weighted by Crippen LogP contribution is 2.24. The molecule has 0 spiro atoms. The molecule has 0 amide bonds. The molecule has 1 unspecified atom stereocenters. The first-order valence-corrected chi connectivity index (χ1v) is 7.50. The van der Waals surface area contributed by atoms with Gasteiger partial charge in [0.2, 0.25) is 0 Å². The Hall–Kier alpha value is -1.59. The SMILES string of the molecule is CCOC(=O)c1csc(NC(C)c2cccc(Cl)c2)n1. The molecule has 106 valence electrons. The Morgan fingerprint density at radius 2 is 2.35 bits per heavy atom. The van der Waals surface area contributed by atoms with Gasteiger partial charge in [0.15, 0.2) is 10.8 Å². The molecule has 1 atom stereocenters. The van der Waals surface area contributed by atoms with E-state index in [0.717, 1.165) is 5.56 Å². The van der Waals surface area contributed by atoms with E-state index in [9.17, 15) is 4.79 Å². The third kappa shape index (κ3) is 3.71. The van der Waals surface area contributed by atoms with Crippen molar-refractivity contribution in [1.29, 1.82) is 0 Å². The molecule has 0 saturated carbocycles. The van der Waals surface area contributed by atoms with Gasteiger partial charge in [-0.15, -0.1) is 11.3 Å². The van der Waals surface area contributed by atoms with Crippen LogP contribution in [0.15, 0.2) is 29.6 Å². The number of hydrogen-bond acceptors (Lipinski definition) is 5. The molecule has 0 saturated heterocycles. The number of halogens is 1. The van der Waals surface area contributed by atoms with Crippen molar-refractivity contribution in [3.8, 4) is 0 Å². The number of ether oxygens (including phenoxy) is 1. The van der Waals surface area contributed by atoms with Crippen molar-refractivity contribution in [2.75, 3.05) is 11.9 Å². The molecule has 0 fully saturated rings. The van der Waals surface area contributed by atoms with Crippen molar-refractivity contribution in [2.45, 2.75) is 19.9 Å². The fourth-order valence-corrected chi connectivity index (χ4v) is 2.65. The Kier molecular flexibility index (Phi) is 4.98. The summed E-state index contributed by atoms with van der Waals surface area (Å²) in [6, 6.07) is 7.68. The Labute approximate surface area is 126 Å². The van der Waals surface area contributed by atoms with Crippen LogP contribution in [-0.4, -0.2) is 17.6 Å². The zero-order chi connectivity index (χ0) is 14.5. The Morgan fingerprint density at radius 1 is 1.55 bits per heavy atom. The predicted octanol–water partition coefficient (Wildman–Crippen LogP) is 4.15. The number of carbonyl (C=O) groups is 1. The van der Waals surface area contributed by atoms with Crippen LogP contribution in [-0.2, 0) is 4.74 Å². The topological polar surface area (TPSA) is 51.2 Å². The molecule has 1 aromatic heterocycles. The van der Waals surface area contributed by atoms with Crippen molar-refractivity contribution in [1.82, 2.24) is 4.98 Å². The number of anilines is 1. The van der Waals surface area contributed by atoms with Crippen LogP contribution in [0.1, 0.15) is 35.9 Å². The Morgan fingerprint density at radius 3 is 3.05 bits per heavy atom. The largest absolute Gasteiger partial charge is 0.461 e. The summed E-state index contributed by atoms with van der Waals surface area (Å²) in [7, 11) is 0. The van der Waals surface area contributed by atoms with E-state index in [-0.39, 0.29) is 6.04 Å². The molecule has 20 heavy (non-hydrogen) atoms. The molecule has 4 nitrogen and oxygen atoms in total. The molecule has 1 aromatic carbocycles. The Balaban J connectivity index is 2.05. The van der Waals surface area contributed by atoms with Gasteiger partial charge in [0.05, 0.1) is 12.6 Å². The lowest BCUT2D eigenvalue weighted by molar-refractivity contribution is 0.0520. The van der Waals surface area contributed by atoms with Gasteiger partial charge in [-0.1, -0.05) is 23.7 Å². The molecule has 0 radical (unpaired) electrons. The van der Waals surface area contributed by atoms with E-state index in [2.05, 4.69) is 10.3 Å². The van der Waals surface area contributed by atoms with E-state index < -0.39 is 5.97 Å². The third-order valence-corrected chi connectivity index (χ3v) is 3.69. The molecule has 0 aliphatic carbocycles. The number of rotatable bonds is 5. The second-order valence-electron chi connectivity index (χ2n) is 4.18. The molecule has 6 heteroatoms. The quantitative estimate of drug-likeness (QED) is 0.843. The highest BCUT2D eigenvalue weighted by Gasteiger charge is 2.13. The summed E-state index contributed by atoms with van der Waals surface area (Å²) in [5, 5.41) is 6.31. The van der Waals surface area contributed by atoms with Gasteiger partial charge in [0.25, 0.3) is 0 Å². The van der Waals surface area contributed by atoms with Gasteiger partial charge < -0.3 is 10.1 Å². The van der Waals surface area contributed by atoms with Gasteiger partial charge in [0, 0.05) is 10.4 Å². The first-order chi connectivity index (χ1) is 9.60. The minimum absolute atomic E-state index is 0.0508. The van der Waals surface area contributed by atoms with Crippen LogP contribution in [0, 0.1) is 0 Å². The molecule has 0 bridgehead atoms. The maximum absolute atomic E-state index is 11.5. The second kappa shape index (κ2) is 6.72. The fraction of sp³-hybridized carbons (Fsp3) is 0.286. The number of esters is 1. The minimum Gasteiger partial charge on any atom is -0.461 e. The van der Waals surface area contributed by atoms with Crippen LogP contribution in [0.2, 0.25) is 5.02 Å². The third-order valence-electron chi connectivity index (χ3n) is 2.68. The first kappa shape index (κ1) is 14.8. The maximum Gasteiger partial charge on any atom is 0.357 e. The standard InChI is InChI=1S/C14H15ClN2O2S/c1-3-19-13(18)12-8-20-14(17-12)16-9(2)10-5-4-6-11(15)7-10/h4-9H,3H2,1-2H3,(H,16,17). The summed E-state index contributed by atoms with van der Waals surface area (Å²) in [6.07, 6.45) is 0.